The average Bonchev–Trinajstić information content (AvgIpc) is 3.11. The van der Waals surface area contributed by atoms with Gasteiger partial charge in [-0.3, -0.25) is 4.79 Å². The van der Waals surface area contributed by atoms with E-state index in [2.05, 4.69) is 29.8 Å². The molecule has 0 bridgehead atoms. The average molecular weight is 553 g/mol. The molecule has 2 aliphatic rings. The predicted octanol–water partition coefficient (Wildman–Crippen LogP) is 6.15. The summed E-state index contributed by atoms with van der Waals surface area (Å²) < 4.78 is 28.2. The third-order valence-corrected chi connectivity index (χ3v) is 9.26. The first kappa shape index (κ1) is 29.0. The van der Waals surface area contributed by atoms with Gasteiger partial charge in [-0.2, -0.15) is 4.72 Å². The molecule has 210 valence electrons. The Morgan fingerprint density at radius 3 is 2.44 bits per heavy atom. The highest BCUT2D eigenvalue weighted by molar-refractivity contribution is 7.89. The zero-order valence-electron chi connectivity index (χ0n) is 23.2. The van der Waals surface area contributed by atoms with Crippen molar-refractivity contribution in [2.45, 2.75) is 89.5 Å². The number of carbonyl (C=O) groups is 1. The number of nitrogens with one attached hydrogen (secondary N) is 1. The van der Waals surface area contributed by atoms with Gasteiger partial charge in [0.25, 0.3) is 0 Å². The van der Waals surface area contributed by atoms with Crippen LogP contribution in [0.5, 0.6) is 0 Å². The van der Waals surface area contributed by atoms with Crippen LogP contribution in [-0.4, -0.2) is 31.2 Å². The van der Waals surface area contributed by atoms with E-state index in [1.807, 2.05) is 25.1 Å². The van der Waals surface area contributed by atoms with Crippen LogP contribution in [0.1, 0.15) is 81.0 Å². The first-order valence-corrected chi connectivity index (χ1v) is 15.5. The van der Waals surface area contributed by atoms with E-state index in [1.165, 1.54) is 31.4 Å². The summed E-state index contributed by atoms with van der Waals surface area (Å²) in [6.07, 6.45) is 10.9. The van der Waals surface area contributed by atoms with Gasteiger partial charge in [0.2, 0.25) is 10.0 Å². The topological polar surface area (TPSA) is 105 Å². The molecular weight excluding hydrogens is 512 g/mol. The first-order valence-electron chi connectivity index (χ1n) is 14.1. The van der Waals surface area contributed by atoms with Gasteiger partial charge in [-0.25, -0.2) is 8.42 Å². The maximum atomic E-state index is 12.9. The molecule has 2 atom stereocenters. The number of benzene rings is 2. The number of oxime groups is 1. The molecule has 8 heteroatoms. The molecule has 7 nitrogen and oxygen atoms in total. The lowest BCUT2D eigenvalue weighted by Crippen LogP contribution is -2.42. The summed E-state index contributed by atoms with van der Waals surface area (Å²) in [6, 6.07) is 11.0. The lowest BCUT2D eigenvalue weighted by Gasteiger charge is -2.22. The Labute approximate surface area is 232 Å². The van der Waals surface area contributed by atoms with E-state index < -0.39 is 22.0 Å². The number of aryl methyl sites for hydroxylation is 2. The Balaban J connectivity index is 1.47. The lowest BCUT2D eigenvalue weighted by atomic mass is 9.86. The van der Waals surface area contributed by atoms with Gasteiger partial charge in [0.15, 0.2) is 0 Å². The summed E-state index contributed by atoms with van der Waals surface area (Å²) in [5, 5.41) is 14.4. The van der Waals surface area contributed by atoms with Crippen LogP contribution in [0, 0.1) is 18.8 Å². The molecule has 2 unspecified atom stereocenters. The number of nitrogens with zero attached hydrogens (tertiary/aromatic N) is 1. The van der Waals surface area contributed by atoms with E-state index in [4.69, 9.17) is 4.84 Å². The zero-order chi connectivity index (χ0) is 28.0. The molecule has 1 saturated carbocycles. The van der Waals surface area contributed by atoms with Crippen molar-refractivity contribution < 1.29 is 23.2 Å². The van der Waals surface area contributed by atoms with E-state index in [1.54, 1.807) is 12.1 Å². The third kappa shape index (κ3) is 7.37. The van der Waals surface area contributed by atoms with Crippen LogP contribution in [0.4, 0.5) is 0 Å². The van der Waals surface area contributed by atoms with Crippen molar-refractivity contribution in [2.75, 3.05) is 0 Å². The number of hydrogen-bond donors (Lipinski definition) is 2. The molecule has 0 saturated heterocycles. The molecule has 39 heavy (non-hydrogen) atoms. The molecule has 1 aliphatic heterocycles. The van der Waals surface area contributed by atoms with Gasteiger partial charge in [-0.15, -0.1) is 0 Å². The van der Waals surface area contributed by atoms with Gasteiger partial charge in [-0.05, 0) is 73.9 Å². The van der Waals surface area contributed by atoms with Gasteiger partial charge in [0, 0.05) is 17.4 Å². The molecular formula is C31H40N2O5S. The van der Waals surface area contributed by atoms with Crippen molar-refractivity contribution >= 4 is 21.7 Å². The summed E-state index contributed by atoms with van der Waals surface area (Å²) in [5.41, 5.74) is 4.56. The molecule has 1 aliphatic carbocycles. The number of hydrogen-bond acceptors (Lipinski definition) is 5. The van der Waals surface area contributed by atoms with E-state index >= 15 is 0 Å². The summed E-state index contributed by atoms with van der Waals surface area (Å²) in [5.74, 6) is 0.392. The smallest absolute Gasteiger partial charge is 0.322 e. The highest BCUT2D eigenvalue weighted by atomic mass is 32.2. The summed E-state index contributed by atoms with van der Waals surface area (Å²) in [7, 11) is -3.99. The normalized spacial score (nSPS) is 19.4. The number of allylic oxidation sites excluding steroid dienone is 2. The number of aliphatic carboxylic acids is 1. The Hall–Kier alpha value is -2.97. The Morgan fingerprint density at radius 2 is 1.79 bits per heavy atom. The summed E-state index contributed by atoms with van der Waals surface area (Å²) >= 11 is 0. The zero-order valence-corrected chi connectivity index (χ0v) is 24.0. The van der Waals surface area contributed by atoms with Crippen molar-refractivity contribution in [3.8, 4) is 0 Å². The maximum Gasteiger partial charge on any atom is 0.322 e. The van der Waals surface area contributed by atoms with E-state index in [-0.39, 0.29) is 17.2 Å². The molecule has 1 heterocycles. The lowest BCUT2D eigenvalue weighted by molar-refractivity contribution is -0.138. The summed E-state index contributed by atoms with van der Waals surface area (Å²) in [4.78, 5) is 18.1. The second-order valence-corrected chi connectivity index (χ2v) is 12.6. The fourth-order valence-corrected chi connectivity index (χ4v) is 6.70. The second-order valence-electron chi connectivity index (χ2n) is 10.9. The Kier molecular flexibility index (Phi) is 9.62. The summed E-state index contributed by atoms with van der Waals surface area (Å²) in [6.45, 7) is 6.16. The number of rotatable bonds is 10. The van der Waals surface area contributed by atoms with E-state index in [0.29, 0.717) is 5.92 Å². The molecule has 1 fully saturated rings. The monoisotopic (exact) mass is 552 g/mol. The Morgan fingerprint density at radius 1 is 1.10 bits per heavy atom. The Bertz CT molecular complexity index is 1330. The first-order chi connectivity index (χ1) is 18.7. The fourth-order valence-electron chi connectivity index (χ4n) is 5.51. The SMILES string of the molecule is CCCc1ccc(S(=O)(=O)NC(Cc2ccc(C3=NOC(C4CCCCC4)=CCC3C)c(C)c2)C(=O)O)cc1. The van der Waals surface area contributed by atoms with Gasteiger partial charge in [0.1, 0.15) is 11.8 Å². The molecule has 2 N–H and O–H groups in total. The number of sulfonamides is 1. The highest BCUT2D eigenvalue weighted by Crippen LogP contribution is 2.33. The van der Waals surface area contributed by atoms with Crippen LogP contribution in [-0.2, 0) is 32.5 Å². The molecule has 0 aromatic heterocycles. The van der Waals surface area contributed by atoms with Gasteiger partial charge in [0.05, 0.1) is 10.6 Å². The van der Waals surface area contributed by atoms with Gasteiger partial charge >= 0.3 is 5.97 Å². The largest absolute Gasteiger partial charge is 0.480 e. The van der Waals surface area contributed by atoms with Crippen LogP contribution < -0.4 is 4.72 Å². The quantitative estimate of drug-likeness (QED) is 0.368. The van der Waals surface area contributed by atoms with Gasteiger partial charge < -0.3 is 9.94 Å². The fraction of sp³-hybridized carbons (Fsp3) is 0.484. The standard InChI is InChI=1S/C31H40N2O5S/c1-4-8-23-12-15-26(16-13-23)39(36,37)33-28(31(34)35)20-24-14-17-27(22(3)19-24)30-21(2)11-18-29(38-32-30)25-9-6-5-7-10-25/h12-19,21,25,28,33H,4-11,20H2,1-3H3,(H,34,35). The van der Waals surface area contributed by atoms with Crippen molar-refractivity contribution in [2.24, 2.45) is 17.0 Å². The third-order valence-electron chi connectivity index (χ3n) is 7.77. The predicted molar refractivity (Wildman–Crippen MR) is 153 cm³/mol. The maximum absolute atomic E-state index is 12.9. The van der Waals surface area contributed by atoms with Crippen LogP contribution in [0.3, 0.4) is 0 Å². The second kappa shape index (κ2) is 12.9. The minimum atomic E-state index is -3.99. The van der Waals surface area contributed by atoms with Crippen LogP contribution in [0.2, 0.25) is 0 Å². The van der Waals surface area contributed by atoms with Crippen LogP contribution >= 0.6 is 0 Å². The van der Waals surface area contributed by atoms with Crippen molar-refractivity contribution in [3.63, 3.8) is 0 Å². The highest BCUT2D eigenvalue weighted by Gasteiger charge is 2.27. The molecule has 2 aromatic rings. The van der Waals surface area contributed by atoms with Gasteiger partial charge in [-0.1, -0.05) is 75.0 Å². The molecule has 0 radical (unpaired) electrons. The van der Waals surface area contributed by atoms with Crippen LogP contribution in [0.25, 0.3) is 0 Å². The molecule has 4 rings (SSSR count). The van der Waals surface area contributed by atoms with Crippen molar-refractivity contribution in [1.29, 1.82) is 0 Å². The molecule has 2 aromatic carbocycles. The van der Waals surface area contributed by atoms with Crippen LogP contribution in [0.15, 0.2) is 64.4 Å². The van der Waals surface area contributed by atoms with Crippen molar-refractivity contribution in [1.82, 2.24) is 4.72 Å². The van der Waals surface area contributed by atoms with E-state index in [0.717, 1.165) is 65.8 Å². The number of carboxylic acids is 1. The molecule has 0 amide bonds. The number of carboxylic acid groups (broad SMARTS) is 1. The minimum absolute atomic E-state index is 0.0233. The van der Waals surface area contributed by atoms with Crippen molar-refractivity contribution in [3.05, 3.63) is 76.6 Å². The minimum Gasteiger partial charge on any atom is -0.480 e. The van der Waals surface area contributed by atoms with E-state index in [9.17, 15) is 18.3 Å². The molecule has 0 spiro atoms.